The molecule has 1 spiro atoms. The Bertz CT molecular complexity index is 1880. The van der Waals surface area contributed by atoms with Gasteiger partial charge in [-0.2, -0.15) is 15.3 Å². The zero-order valence-electron chi connectivity index (χ0n) is 30.0. The van der Waals surface area contributed by atoms with E-state index >= 15 is 0 Å². The van der Waals surface area contributed by atoms with Gasteiger partial charge >= 0.3 is 6.03 Å². The summed E-state index contributed by atoms with van der Waals surface area (Å²) in [5.74, 6) is 1.80. The smallest absolute Gasteiger partial charge is 0.327 e. The normalized spacial score (nSPS) is 15.7. The molecule has 2 saturated heterocycles. The zero-order valence-corrected chi connectivity index (χ0v) is 30.0. The summed E-state index contributed by atoms with van der Waals surface area (Å²) in [6, 6.07) is 15.7. The molecule has 1 atom stereocenters. The molecular formula is C39H47N11O2. The summed E-state index contributed by atoms with van der Waals surface area (Å²) in [6.07, 6.45) is 18.4. The van der Waals surface area contributed by atoms with E-state index in [2.05, 4.69) is 48.9 Å². The molecule has 3 amide bonds. The van der Waals surface area contributed by atoms with Crippen molar-refractivity contribution < 1.29 is 9.59 Å². The predicted octanol–water partition coefficient (Wildman–Crippen LogP) is 6.07. The number of pyridine rings is 1. The third-order valence-corrected chi connectivity index (χ3v) is 9.83. The number of benzene rings is 1. The molecule has 0 radical (unpaired) electrons. The van der Waals surface area contributed by atoms with Crippen molar-refractivity contribution in [3.05, 3.63) is 90.7 Å². The van der Waals surface area contributed by atoms with Gasteiger partial charge in [0.25, 0.3) is 0 Å². The standard InChI is InChI=1S/C39H47N11O2/c1-3-10-33(45-37-42-26-31(23-40)36(46-37)49-21-18-39(19-22-49)17-16-35(51)47-39)13-8-5-9-20-50(38(52)43-24-29-11-6-4-7-12-29)34-15-14-30(25-41-34)32-27-44-48(2)28-32/h4,6-7,9,11-12,14-15,20,25-28,33H,3,5,8,10,13,16-19,21-22,24H2,1-2H3,(H,43,52)(H,47,51)(H,42,45,46)/b20-9+. The first-order valence-electron chi connectivity index (χ1n) is 18.2. The van der Waals surface area contributed by atoms with Crippen LogP contribution >= 0.6 is 0 Å². The lowest BCUT2D eigenvalue weighted by molar-refractivity contribution is -0.119. The van der Waals surface area contributed by atoms with E-state index < -0.39 is 0 Å². The molecule has 1 unspecified atom stereocenters. The van der Waals surface area contributed by atoms with Crippen molar-refractivity contribution in [2.75, 3.05) is 28.2 Å². The van der Waals surface area contributed by atoms with Gasteiger partial charge in [0.2, 0.25) is 11.9 Å². The number of carbonyl (C=O) groups is 2. The summed E-state index contributed by atoms with van der Waals surface area (Å²) in [4.78, 5) is 43.0. The molecule has 3 N–H and O–H groups in total. The number of nitrogens with one attached hydrogen (secondary N) is 3. The van der Waals surface area contributed by atoms with Crippen molar-refractivity contribution in [2.45, 2.75) is 82.8 Å². The van der Waals surface area contributed by atoms with Gasteiger partial charge in [0.1, 0.15) is 17.5 Å². The Hall–Kier alpha value is -5.77. The SMILES string of the molecule is CCCC(CCC/C=C/N(C(=O)NCc1ccccc1)c1ccc(-c2cnn(C)c2)cn1)Nc1ncc(C#N)c(N2CCC3(CCC(=O)N3)CC2)n1. The molecule has 52 heavy (non-hydrogen) atoms. The highest BCUT2D eigenvalue weighted by Crippen LogP contribution is 2.34. The quantitative estimate of drug-likeness (QED) is 0.133. The zero-order chi connectivity index (χ0) is 36.3. The van der Waals surface area contributed by atoms with Gasteiger partial charge in [-0.25, -0.2) is 14.8 Å². The summed E-state index contributed by atoms with van der Waals surface area (Å²) < 4.78 is 1.74. The summed E-state index contributed by atoms with van der Waals surface area (Å²) in [6.45, 7) is 4.00. The number of urea groups is 1. The Kier molecular flexibility index (Phi) is 11.8. The lowest BCUT2D eigenvalue weighted by Gasteiger charge is -2.40. The van der Waals surface area contributed by atoms with E-state index in [1.54, 1.807) is 34.4 Å². The van der Waals surface area contributed by atoms with Crippen molar-refractivity contribution in [3.63, 3.8) is 0 Å². The Labute approximate surface area is 305 Å². The van der Waals surface area contributed by atoms with E-state index in [-0.39, 0.29) is 23.5 Å². The number of piperidine rings is 1. The minimum atomic E-state index is -0.266. The minimum absolute atomic E-state index is 0.125. The van der Waals surface area contributed by atoms with Crippen molar-refractivity contribution in [1.82, 2.24) is 35.4 Å². The second-order valence-corrected chi connectivity index (χ2v) is 13.6. The molecule has 13 nitrogen and oxygen atoms in total. The number of amides is 3. The fraction of sp³-hybridized carbons (Fsp3) is 0.410. The van der Waals surface area contributed by atoms with Gasteiger partial charge in [0, 0.05) is 74.4 Å². The number of unbranched alkanes of at least 4 members (excludes halogenated alkanes) is 1. The molecule has 5 heterocycles. The van der Waals surface area contributed by atoms with E-state index in [1.807, 2.05) is 61.8 Å². The summed E-state index contributed by atoms with van der Waals surface area (Å²) >= 11 is 0. The maximum atomic E-state index is 13.4. The lowest BCUT2D eigenvalue weighted by Crippen LogP contribution is -2.51. The molecule has 3 aromatic heterocycles. The molecule has 2 aliphatic rings. The Morgan fingerprint density at radius 1 is 1.08 bits per heavy atom. The van der Waals surface area contributed by atoms with Crippen LogP contribution in [0.15, 0.2) is 79.5 Å². The van der Waals surface area contributed by atoms with Gasteiger partial charge in [-0.3, -0.25) is 14.4 Å². The molecule has 2 fully saturated rings. The molecule has 2 aliphatic heterocycles. The molecule has 1 aromatic carbocycles. The molecule has 0 saturated carbocycles. The fourth-order valence-corrected chi connectivity index (χ4v) is 6.92. The lowest BCUT2D eigenvalue weighted by atomic mass is 9.86. The van der Waals surface area contributed by atoms with Crippen molar-refractivity contribution in [3.8, 4) is 17.2 Å². The van der Waals surface area contributed by atoms with E-state index in [0.717, 1.165) is 81.1 Å². The monoisotopic (exact) mass is 701 g/mol. The Morgan fingerprint density at radius 2 is 1.90 bits per heavy atom. The van der Waals surface area contributed by atoms with Crippen molar-refractivity contribution >= 4 is 29.5 Å². The molecule has 270 valence electrons. The molecular weight excluding hydrogens is 655 g/mol. The van der Waals surface area contributed by atoms with E-state index in [9.17, 15) is 14.9 Å². The molecule has 6 rings (SSSR count). The van der Waals surface area contributed by atoms with Crippen LogP contribution in [0.2, 0.25) is 0 Å². The number of hydrogen-bond acceptors (Lipinski definition) is 9. The van der Waals surface area contributed by atoms with Crippen molar-refractivity contribution in [2.24, 2.45) is 7.05 Å². The van der Waals surface area contributed by atoms with Crippen LogP contribution in [-0.2, 0) is 18.4 Å². The van der Waals surface area contributed by atoms with Gasteiger partial charge in [-0.1, -0.05) is 49.8 Å². The van der Waals surface area contributed by atoms with E-state index in [4.69, 9.17) is 4.98 Å². The number of aryl methyl sites for hydroxylation is 1. The first-order chi connectivity index (χ1) is 25.3. The van der Waals surface area contributed by atoms with Crippen LogP contribution in [0.1, 0.15) is 75.8 Å². The van der Waals surface area contributed by atoms with Crippen LogP contribution in [-0.4, -0.2) is 61.3 Å². The predicted molar refractivity (Wildman–Crippen MR) is 201 cm³/mol. The minimum Gasteiger partial charge on any atom is -0.355 e. The largest absolute Gasteiger partial charge is 0.355 e. The third kappa shape index (κ3) is 9.11. The van der Waals surface area contributed by atoms with Gasteiger partial charge < -0.3 is 20.9 Å². The average Bonchev–Trinajstić information content (AvgIpc) is 3.77. The highest BCUT2D eigenvalue weighted by molar-refractivity contribution is 5.93. The second kappa shape index (κ2) is 17.0. The van der Waals surface area contributed by atoms with E-state index in [1.165, 1.54) is 0 Å². The highest BCUT2D eigenvalue weighted by Gasteiger charge is 2.40. The molecule has 4 aromatic rings. The number of allylic oxidation sites excluding steroid dienone is 1. The number of nitrogens with zero attached hydrogens (tertiary/aromatic N) is 8. The van der Waals surface area contributed by atoms with Crippen LogP contribution in [0.3, 0.4) is 0 Å². The topological polar surface area (TPSA) is 157 Å². The van der Waals surface area contributed by atoms with Crippen molar-refractivity contribution in [1.29, 1.82) is 5.26 Å². The number of anilines is 3. The summed E-state index contributed by atoms with van der Waals surface area (Å²) in [7, 11) is 1.87. The maximum absolute atomic E-state index is 13.4. The van der Waals surface area contributed by atoms with Gasteiger partial charge in [-0.15, -0.1) is 0 Å². The molecule has 0 aliphatic carbocycles. The second-order valence-electron chi connectivity index (χ2n) is 13.6. The highest BCUT2D eigenvalue weighted by atomic mass is 16.2. The Balaban J connectivity index is 1.07. The average molecular weight is 702 g/mol. The summed E-state index contributed by atoms with van der Waals surface area (Å²) in [5, 5.41) is 23.8. The van der Waals surface area contributed by atoms with Gasteiger partial charge in [-0.05, 0) is 62.6 Å². The van der Waals surface area contributed by atoms with Crippen LogP contribution in [0, 0.1) is 11.3 Å². The summed E-state index contributed by atoms with van der Waals surface area (Å²) in [5.41, 5.74) is 3.21. The number of hydrogen-bond donors (Lipinski definition) is 3. The number of aromatic nitrogens is 5. The molecule has 0 bridgehead atoms. The van der Waals surface area contributed by atoms with Crippen LogP contribution in [0.5, 0.6) is 0 Å². The first-order valence-corrected chi connectivity index (χ1v) is 18.2. The maximum Gasteiger partial charge on any atom is 0.327 e. The first kappa shape index (κ1) is 36.0. The van der Waals surface area contributed by atoms with Gasteiger partial charge in [0.15, 0.2) is 5.82 Å². The van der Waals surface area contributed by atoms with Gasteiger partial charge in [0.05, 0.1) is 12.4 Å². The molecule has 13 heteroatoms. The number of nitriles is 1. The Morgan fingerprint density at radius 3 is 2.58 bits per heavy atom. The third-order valence-electron chi connectivity index (χ3n) is 9.83. The number of carbonyl (C=O) groups excluding carboxylic acids is 2. The van der Waals surface area contributed by atoms with E-state index in [0.29, 0.717) is 36.1 Å². The van der Waals surface area contributed by atoms with Crippen LogP contribution in [0.25, 0.3) is 11.1 Å². The van der Waals surface area contributed by atoms with Crippen LogP contribution < -0.4 is 25.8 Å². The van der Waals surface area contributed by atoms with Crippen LogP contribution in [0.4, 0.5) is 22.4 Å². The fourth-order valence-electron chi connectivity index (χ4n) is 6.92. The number of rotatable bonds is 14.